The lowest BCUT2D eigenvalue weighted by Crippen LogP contribution is -2.24. The van der Waals surface area contributed by atoms with Crippen molar-refractivity contribution in [3.63, 3.8) is 0 Å². The molecular formula is C15H20N2O2S. The lowest BCUT2D eigenvalue weighted by Gasteiger charge is -2.22. The summed E-state index contributed by atoms with van der Waals surface area (Å²) in [5.74, 6) is 1.62. The summed E-state index contributed by atoms with van der Waals surface area (Å²) in [5.41, 5.74) is 3.83. The van der Waals surface area contributed by atoms with Gasteiger partial charge in [0.1, 0.15) is 11.5 Å². The number of hydrogen-bond acceptors (Lipinski definition) is 5. The zero-order valence-corrected chi connectivity index (χ0v) is 12.9. The Kier molecular flexibility index (Phi) is 5.38. The van der Waals surface area contributed by atoms with Crippen molar-refractivity contribution in [3.05, 3.63) is 40.3 Å². The fourth-order valence-corrected chi connectivity index (χ4v) is 2.75. The van der Waals surface area contributed by atoms with Crippen LogP contribution >= 0.6 is 11.3 Å². The number of benzene rings is 1. The third-order valence-electron chi connectivity index (χ3n) is 3.10. The molecule has 0 saturated heterocycles. The van der Waals surface area contributed by atoms with Crippen LogP contribution in [-0.4, -0.2) is 25.7 Å². The van der Waals surface area contributed by atoms with Gasteiger partial charge in [-0.1, -0.05) is 13.0 Å². The van der Waals surface area contributed by atoms with Crippen molar-refractivity contribution in [2.45, 2.75) is 19.4 Å². The number of methoxy groups -OCH3 is 2. The Morgan fingerprint density at radius 2 is 1.95 bits per heavy atom. The predicted octanol–water partition coefficient (Wildman–Crippen LogP) is 3.25. The molecular weight excluding hydrogens is 272 g/mol. The summed E-state index contributed by atoms with van der Waals surface area (Å²) in [6.07, 6.45) is 1.05. The number of aromatic nitrogens is 1. The number of thiazole rings is 1. The molecule has 1 N–H and O–H groups in total. The normalized spacial score (nSPS) is 12.2. The number of rotatable bonds is 7. The SMILES string of the molecule is CCCNC(c1cscn1)c1c(OC)cccc1OC. The highest BCUT2D eigenvalue weighted by molar-refractivity contribution is 7.07. The minimum atomic E-state index is -0.0210. The van der Waals surface area contributed by atoms with Crippen LogP contribution in [0.5, 0.6) is 11.5 Å². The van der Waals surface area contributed by atoms with Gasteiger partial charge in [0, 0.05) is 5.38 Å². The standard InChI is InChI=1S/C15H20N2O2S/c1-4-8-16-15(11-9-20-10-17-11)14-12(18-2)6-5-7-13(14)19-3/h5-7,9-10,15-16H,4,8H2,1-3H3. The molecule has 0 bridgehead atoms. The average molecular weight is 292 g/mol. The second kappa shape index (κ2) is 7.26. The van der Waals surface area contributed by atoms with Crippen LogP contribution < -0.4 is 14.8 Å². The van der Waals surface area contributed by atoms with Crippen molar-refractivity contribution in [1.82, 2.24) is 10.3 Å². The Hall–Kier alpha value is -1.59. The van der Waals surface area contributed by atoms with E-state index < -0.39 is 0 Å². The maximum Gasteiger partial charge on any atom is 0.127 e. The van der Waals surface area contributed by atoms with E-state index in [0.29, 0.717) is 0 Å². The molecule has 2 aromatic rings. The van der Waals surface area contributed by atoms with Gasteiger partial charge in [-0.2, -0.15) is 0 Å². The first-order chi connectivity index (χ1) is 9.81. The fourth-order valence-electron chi connectivity index (χ4n) is 2.17. The summed E-state index contributed by atoms with van der Waals surface area (Å²) in [6, 6.07) is 5.81. The van der Waals surface area contributed by atoms with Crippen molar-refractivity contribution in [2.75, 3.05) is 20.8 Å². The summed E-state index contributed by atoms with van der Waals surface area (Å²) in [6.45, 7) is 3.05. The van der Waals surface area contributed by atoms with Gasteiger partial charge in [-0.25, -0.2) is 4.98 Å². The van der Waals surface area contributed by atoms with E-state index in [1.807, 2.05) is 23.7 Å². The molecule has 1 atom stereocenters. The van der Waals surface area contributed by atoms with E-state index in [9.17, 15) is 0 Å². The largest absolute Gasteiger partial charge is 0.496 e. The monoisotopic (exact) mass is 292 g/mol. The molecule has 0 fully saturated rings. The molecule has 2 rings (SSSR count). The second-order valence-electron chi connectivity index (χ2n) is 4.38. The molecule has 1 aromatic heterocycles. The van der Waals surface area contributed by atoms with Gasteiger partial charge in [0.05, 0.1) is 37.0 Å². The van der Waals surface area contributed by atoms with Gasteiger partial charge in [0.25, 0.3) is 0 Å². The number of nitrogens with one attached hydrogen (secondary N) is 1. The number of ether oxygens (including phenoxy) is 2. The number of nitrogens with zero attached hydrogens (tertiary/aromatic N) is 1. The lowest BCUT2D eigenvalue weighted by molar-refractivity contribution is 0.376. The van der Waals surface area contributed by atoms with Crippen molar-refractivity contribution >= 4 is 11.3 Å². The van der Waals surface area contributed by atoms with E-state index >= 15 is 0 Å². The molecule has 0 radical (unpaired) electrons. The van der Waals surface area contributed by atoms with Gasteiger partial charge in [-0.05, 0) is 25.1 Å². The molecule has 1 heterocycles. The fraction of sp³-hybridized carbons (Fsp3) is 0.400. The van der Waals surface area contributed by atoms with Crippen LogP contribution in [0.1, 0.15) is 30.6 Å². The molecule has 0 amide bonds. The van der Waals surface area contributed by atoms with Gasteiger partial charge < -0.3 is 14.8 Å². The van der Waals surface area contributed by atoms with Gasteiger partial charge in [0.15, 0.2) is 0 Å². The molecule has 0 aliphatic carbocycles. The summed E-state index contributed by atoms with van der Waals surface area (Å²) in [5, 5.41) is 5.58. The molecule has 0 aliphatic rings. The van der Waals surface area contributed by atoms with Crippen LogP contribution in [0, 0.1) is 0 Å². The van der Waals surface area contributed by atoms with Gasteiger partial charge in [-0.15, -0.1) is 11.3 Å². The third kappa shape index (κ3) is 3.11. The summed E-state index contributed by atoms with van der Waals surface area (Å²) in [4.78, 5) is 4.44. The van der Waals surface area contributed by atoms with Crippen LogP contribution in [0.4, 0.5) is 0 Å². The Balaban J connectivity index is 2.47. The van der Waals surface area contributed by atoms with E-state index in [-0.39, 0.29) is 6.04 Å². The summed E-state index contributed by atoms with van der Waals surface area (Å²) >= 11 is 1.59. The maximum absolute atomic E-state index is 5.50. The van der Waals surface area contributed by atoms with Crippen molar-refractivity contribution in [3.8, 4) is 11.5 Å². The van der Waals surface area contributed by atoms with Crippen LogP contribution in [0.25, 0.3) is 0 Å². The molecule has 1 aromatic carbocycles. The zero-order chi connectivity index (χ0) is 14.4. The molecule has 4 nitrogen and oxygen atoms in total. The maximum atomic E-state index is 5.50. The van der Waals surface area contributed by atoms with E-state index in [1.54, 1.807) is 25.6 Å². The van der Waals surface area contributed by atoms with Crippen molar-refractivity contribution in [2.24, 2.45) is 0 Å². The van der Waals surface area contributed by atoms with Crippen LogP contribution in [0.2, 0.25) is 0 Å². The smallest absolute Gasteiger partial charge is 0.127 e. The van der Waals surface area contributed by atoms with Gasteiger partial charge in [-0.3, -0.25) is 0 Å². The Bertz CT molecular complexity index is 506. The Morgan fingerprint density at radius 3 is 2.45 bits per heavy atom. The Labute approximate surface area is 123 Å². The van der Waals surface area contributed by atoms with E-state index in [1.165, 1.54) is 0 Å². The zero-order valence-electron chi connectivity index (χ0n) is 12.1. The molecule has 20 heavy (non-hydrogen) atoms. The lowest BCUT2D eigenvalue weighted by atomic mass is 10.0. The highest BCUT2D eigenvalue weighted by Crippen LogP contribution is 2.37. The first-order valence-electron chi connectivity index (χ1n) is 6.64. The minimum absolute atomic E-state index is 0.0210. The van der Waals surface area contributed by atoms with Gasteiger partial charge in [0.2, 0.25) is 0 Å². The first-order valence-corrected chi connectivity index (χ1v) is 7.58. The molecule has 5 heteroatoms. The highest BCUT2D eigenvalue weighted by atomic mass is 32.1. The van der Waals surface area contributed by atoms with Crippen molar-refractivity contribution in [1.29, 1.82) is 0 Å². The predicted molar refractivity (Wildman–Crippen MR) is 81.8 cm³/mol. The van der Waals surface area contributed by atoms with E-state index in [4.69, 9.17) is 9.47 Å². The highest BCUT2D eigenvalue weighted by Gasteiger charge is 2.23. The molecule has 0 spiro atoms. The Morgan fingerprint density at radius 1 is 1.25 bits per heavy atom. The molecule has 1 unspecified atom stereocenters. The number of hydrogen-bond donors (Lipinski definition) is 1. The second-order valence-corrected chi connectivity index (χ2v) is 5.10. The molecule has 0 aliphatic heterocycles. The quantitative estimate of drug-likeness (QED) is 0.850. The van der Waals surface area contributed by atoms with Gasteiger partial charge >= 0.3 is 0 Å². The van der Waals surface area contributed by atoms with E-state index in [0.717, 1.165) is 35.7 Å². The average Bonchev–Trinajstić information content (AvgIpc) is 3.01. The van der Waals surface area contributed by atoms with Crippen LogP contribution in [-0.2, 0) is 0 Å². The molecule has 0 saturated carbocycles. The molecule has 108 valence electrons. The van der Waals surface area contributed by atoms with Crippen LogP contribution in [0.15, 0.2) is 29.1 Å². The van der Waals surface area contributed by atoms with E-state index in [2.05, 4.69) is 22.6 Å². The minimum Gasteiger partial charge on any atom is -0.496 e. The first kappa shape index (κ1) is 14.8. The summed E-state index contributed by atoms with van der Waals surface area (Å²) < 4.78 is 11.0. The summed E-state index contributed by atoms with van der Waals surface area (Å²) in [7, 11) is 3.35. The van der Waals surface area contributed by atoms with Crippen molar-refractivity contribution < 1.29 is 9.47 Å². The topological polar surface area (TPSA) is 43.4 Å². The third-order valence-corrected chi connectivity index (χ3v) is 3.70. The van der Waals surface area contributed by atoms with Crippen LogP contribution in [0.3, 0.4) is 0 Å².